The molecule has 0 aliphatic rings. The molecule has 23 heavy (non-hydrogen) atoms. The Kier molecular flexibility index (Phi) is 3.98. The summed E-state index contributed by atoms with van der Waals surface area (Å²) in [7, 11) is 0. The smallest absolute Gasteiger partial charge is 0.261 e. The van der Waals surface area contributed by atoms with Crippen LogP contribution in [0.1, 0.15) is 28.4 Å². The molecule has 0 saturated heterocycles. The summed E-state index contributed by atoms with van der Waals surface area (Å²) in [4.78, 5) is 28.1. The number of fused-ring (bicyclic) bond motifs is 1. The van der Waals surface area contributed by atoms with Crippen LogP contribution in [0.5, 0.6) is 0 Å². The van der Waals surface area contributed by atoms with Gasteiger partial charge in [0.1, 0.15) is 5.56 Å². The quantitative estimate of drug-likeness (QED) is 0.776. The molecule has 0 saturated carbocycles. The molecule has 4 heteroatoms. The van der Waals surface area contributed by atoms with Crippen molar-refractivity contribution in [2.45, 2.75) is 20.3 Å². The molecule has 0 unspecified atom stereocenters. The number of hydrogen-bond donors (Lipinski definition) is 2. The Bertz CT molecular complexity index is 941. The van der Waals surface area contributed by atoms with E-state index < -0.39 is 0 Å². The number of para-hydroxylation sites is 2. The van der Waals surface area contributed by atoms with Crippen molar-refractivity contribution in [1.82, 2.24) is 4.98 Å². The van der Waals surface area contributed by atoms with Gasteiger partial charge >= 0.3 is 0 Å². The van der Waals surface area contributed by atoms with Crippen molar-refractivity contribution in [2.75, 3.05) is 5.32 Å². The number of aromatic amines is 1. The first-order valence-corrected chi connectivity index (χ1v) is 7.62. The minimum atomic E-state index is -0.388. The molecule has 1 amide bonds. The number of pyridine rings is 1. The van der Waals surface area contributed by atoms with Crippen molar-refractivity contribution < 1.29 is 4.79 Å². The zero-order valence-electron chi connectivity index (χ0n) is 13.1. The van der Waals surface area contributed by atoms with Gasteiger partial charge in [0.15, 0.2) is 0 Å². The largest absolute Gasteiger partial charge is 0.360 e. The lowest BCUT2D eigenvalue weighted by Gasteiger charge is -2.13. The maximum absolute atomic E-state index is 12.6. The highest BCUT2D eigenvalue weighted by Gasteiger charge is 2.15. The Balaban J connectivity index is 2.02. The van der Waals surface area contributed by atoms with E-state index in [-0.39, 0.29) is 16.9 Å². The van der Waals surface area contributed by atoms with Gasteiger partial charge in [0, 0.05) is 22.8 Å². The molecule has 3 rings (SSSR count). The van der Waals surface area contributed by atoms with E-state index in [0.717, 1.165) is 28.8 Å². The van der Waals surface area contributed by atoms with Crippen molar-refractivity contribution in [2.24, 2.45) is 0 Å². The molecule has 0 atom stereocenters. The molecule has 2 aromatic carbocycles. The van der Waals surface area contributed by atoms with E-state index in [1.807, 2.05) is 44.2 Å². The molecule has 0 bridgehead atoms. The molecular formula is C19H18N2O2. The minimum Gasteiger partial charge on any atom is -0.360 e. The Morgan fingerprint density at radius 3 is 2.70 bits per heavy atom. The van der Waals surface area contributed by atoms with Gasteiger partial charge in [-0.15, -0.1) is 0 Å². The molecule has 0 spiro atoms. The predicted octanol–water partition coefficient (Wildman–Crippen LogP) is 3.65. The standard InChI is InChI=1S/C19H18N2O2/c1-3-13-8-6-7-12(2)17(13)21-19(23)15-11-20-16-10-5-4-9-14(16)18(15)22/h4-11H,3H2,1-2H3,(H,20,22)(H,21,23). The Labute approximate surface area is 134 Å². The molecule has 2 N–H and O–H groups in total. The van der Waals surface area contributed by atoms with Gasteiger partial charge in [-0.25, -0.2) is 0 Å². The molecule has 116 valence electrons. The highest BCUT2D eigenvalue weighted by Crippen LogP contribution is 2.21. The molecule has 0 radical (unpaired) electrons. The van der Waals surface area contributed by atoms with Crippen molar-refractivity contribution in [3.05, 3.63) is 75.6 Å². The van der Waals surface area contributed by atoms with Crippen LogP contribution < -0.4 is 10.7 Å². The number of hydrogen-bond acceptors (Lipinski definition) is 2. The maximum Gasteiger partial charge on any atom is 0.261 e. The third-order valence-electron chi connectivity index (χ3n) is 4.01. The van der Waals surface area contributed by atoms with Gasteiger partial charge < -0.3 is 10.3 Å². The number of anilines is 1. The summed E-state index contributed by atoms with van der Waals surface area (Å²) in [5.41, 5.74) is 3.40. The van der Waals surface area contributed by atoms with Crippen molar-refractivity contribution >= 4 is 22.5 Å². The number of carbonyl (C=O) groups is 1. The summed E-state index contributed by atoms with van der Waals surface area (Å²) in [5, 5.41) is 3.41. The van der Waals surface area contributed by atoms with Gasteiger partial charge in [-0.05, 0) is 36.6 Å². The lowest BCUT2D eigenvalue weighted by atomic mass is 10.1. The fraction of sp³-hybridized carbons (Fsp3) is 0.158. The highest BCUT2D eigenvalue weighted by atomic mass is 16.2. The second-order valence-corrected chi connectivity index (χ2v) is 5.49. The number of aromatic nitrogens is 1. The summed E-state index contributed by atoms with van der Waals surface area (Å²) in [5.74, 6) is -0.388. The Morgan fingerprint density at radius 1 is 1.13 bits per heavy atom. The number of nitrogens with one attached hydrogen (secondary N) is 2. The predicted molar refractivity (Wildman–Crippen MR) is 93.1 cm³/mol. The van der Waals surface area contributed by atoms with Crippen molar-refractivity contribution in [3.8, 4) is 0 Å². The van der Waals surface area contributed by atoms with Crippen LogP contribution in [0, 0.1) is 6.92 Å². The van der Waals surface area contributed by atoms with E-state index in [9.17, 15) is 9.59 Å². The summed E-state index contributed by atoms with van der Waals surface area (Å²) >= 11 is 0. The van der Waals surface area contributed by atoms with Gasteiger partial charge in [-0.2, -0.15) is 0 Å². The highest BCUT2D eigenvalue weighted by molar-refractivity contribution is 6.06. The SMILES string of the molecule is CCc1cccc(C)c1NC(=O)c1c[nH]c2ccccc2c1=O. The summed E-state index contributed by atoms with van der Waals surface area (Å²) in [6.45, 7) is 3.98. The lowest BCUT2D eigenvalue weighted by molar-refractivity contribution is 0.102. The van der Waals surface area contributed by atoms with Crippen LogP contribution in [0.2, 0.25) is 0 Å². The summed E-state index contributed by atoms with van der Waals surface area (Å²) in [6, 6.07) is 13.1. The van der Waals surface area contributed by atoms with Crippen LogP contribution in [0.15, 0.2) is 53.5 Å². The first-order chi connectivity index (χ1) is 11.1. The summed E-state index contributed by atoms with van der Waals surface area (Å²) in [6.07, 6.45) is 2.29. The van der Waals surface area contributed by atoms with Crippen LogP contribution in [0.4, 0.5) is 5.69 Å². The molecule has 0 aliphatic carbocycles. The number of benzene rings is 2. The first kappa shape index (κ1) is 15.0. The number of amides is 1. The minimum absolute atomic E-state index is 0.119. The average Bonchev–Trinajstić information content (AvgIpc) is 2.57. The molecular weight excluding hydrogens is 288 g/mol. The lowest BCUT2D eigenvalue weighted by Crippen LogP contribution is -2.22. The number of H-pyrrole nitrogens is 1. The molecule has 1 heterocycles. The third-order valence-corrected chi connectivity index (χ3v) is 4.01. The second kappa shape index (κ2) is 6.08. The van der Waals surface area contributed by atoms with E-state index in [1.165, 1.54) is 6.20 Å². The van der Waals surface area contributed by atoms with E-state index in [2.05, 4.69) is 10.3 Å². The van der Waals surface area contributed by atoms with Crippen LogP contribution in [0.25, 0.3) is 10.9 Å². The molecule has 3 aromatic rings. The van der Waals surface area contributed by atoms with E-state index in [0.29, 0.717) is 5.39 Å². The molecule has 1 aromatic heterocycles. The van der Waals surface area contributed by atoms with Crippen molar-refractivity contribution in [1.29, 1.82) is 0 Å². The fourth-order valence-electron chi connectivity index (χ4n) is 2.72. The fourth-order valence-corrected chi connectivity index (χ4v) is 2.72. The number of carbonyl (C=O) groups excluding carboxylic acids is 1. The van der Waals surface area contributed by atoms with Crippen molar-refractivity contribution in [3.63, 3.8) is 0 Å². The van der Waals surface area contributed by atoms with E-state index in [1.54, 1.807) is 12.1 Å². The van der Waals surface area contributed by atoms with Crippen LogP contribution in [0.3, 0.4) is 0 Å². The Morgan fingerprint density at radius 2 is 1.91 bits per heavy atom. The summed E-state index contributed by atoms with van der Waals surface area (Å²) < 4.78 is 0. The van der Waals surface area contributed by atoms with E-state index >= 15 is 0 Å². The van der Waals surface area contributed by atoms with Crippen LogP contribution in [-0.4, -0.2) is 10.9 Å². The second-order valence-electron chi connectivity index (χ2n) is 5.49. The first-order valence-electron chi connectivity index (χ1n) is 7.62. The number of rotatable bonds is 3. The van der Waals surface area contributed by atoms with Gasteiger partial charge in [-0.1, -0.05) is 37.3 Å². The zero-order valence-corrected chi connectivity index (χ0v) is 13.1. The van der Waals surface area contributed by atoms with Gasteiger partial charge in [0.05, 0.1) is 0 Å². The van der Waals surface area contributed by atoms with Crippen LogP contribution in [-0.2, 0) is 6.42 Å². The normalized spacial score (nSPS) is 10.7. The van der Waals surface area contributed by atoms with Gasteiger partial charge in [0.2, 0.25) is 5.43 Å². The third kappa shape index (κ3) is 2.75. The zero-order chi connectivity index (χ0) is 16.4. The monoisotopic (exact) mass is 306 g/mol. The molecule has 0 fully saturated rings. The topological polar surface area (TPSA) is 62.0 Å². The van der Waals surface area contributed by atoms with Gasteiger partial charge in [-0.3, -0.25) is 9.59 Å². The average molecular weight is 306 g/mol. The van der Waals surface area contributed by atoms with E-state index in [4.69, 9.17) is 0 Å². The molecule has 0 aliphatic heterocycles. The van der Waals surface area contributed by atoms with Gasteiger partial charge in [0.25, 0.3) is 5.91 Å². The molecule has 4 nitrogen and oxygen atoms in total. The number of aryl methyl sites for hydroxylation is 2. The maximum atomic E-state index is 12.6. The van der Waals surface area contributed by atoms with Crippen LogP contribution >= 0.6 is 0 Å². The Hall–Kier alpha value is -2.88.